The number of hydrogen-bond donors (Lipinski definition) is 2. The van der Waals surface area contributed by atoms with Crippen molar-refractivity contribution in [2.45, 2.75) is 38.1 Å². The van der Waals surface area contributed by atoms with E-state index in [0.717, 1.165) is 15.3 Å². The maximum Gasteiger partial charge on any atom is 0.250 e. The highest BCUT2D eigenvalue weighted by Gasteiger charge is 2.18. The van der Waals surface area contributed by atoms with Crippen molar-refractivity contribution in [2.24, 2.45) is 0 Å². The minimum Gasteiger partial charge on any atom is -0.315 e. The molecule has 2 heterocycles. The summed E-state index contributed by atoms with van der Waals surface area (Å²) in [4.78, 5) is 3.32. The first-order valence-corrected chi connectivity index (χ1v) is 9.74. The lowest BCUT2D eigenvalue weighted by molar-refractivity contribution is 0.584. The molecule has 0 amide bonds. The number of nitrogens with one attached hydrogen (secondary N) is 2. The van der Waals surface area contributed by atoms with Gasteiger partial charge in [0, 0.05) is 27.7 Å². The van der Waals surface area contributed by atoms with Gasteiger partial charge >= 0.3 is 0 Å². The first kappa shape index (κ1) is 16.6. The zero-order valence-corrected chi connectivity index (χ0v) is 15.1. The molecule has 0 aliphatic heterocycles. The maximum absolute atomic E-state index is 12.4. The van der Waals surface area contributed by atoms with Crippen LogP contribution in [0.5, 0.6) is 0 Å². The summed E-state index contributed by atoms with van der Waals surface area (Å²) in [5, 5.41) is 3.05. The van der Waals surface area contributed by atoms with E-state index in [9.17, 15) is 8.42 Å². The van der Waals surface area contributed by atoms with Crippen LogP contribution in [0.3, 0.4) is 0 Å². The molecule has 0 bridgehead atoms. The van der Waals surface area contributed by atoms with Crippen molar-refractivity contribution in [3.05, 3.63) is 37.9 Å². The van der Waals surface area contributed by atoms with Crippen LogP contribution in [0.15, 0.2) is 16.3 Å². The molecule has 116 valence electrons. The molecule has 0 aliphatic carbocycles. The fraction of sp³-hybridized carbons (Fsp3) is 0.429. The van der Waals surface area contributed by atoms with E-state index in [2.05, 4.69) is 10.0 Å². The average molecular weight is 345 g/mol. The average Bonchev–Trinajstić information content (AvgIpc) is 2.93. The molecule has 2 aromatic heterocycles. The summed E-state index contributed by atoms with van der Waals surface area (Å²) in [5.74, 6) is 0. The topological polar surface area (TPSA) is 58.2 Å². The van der Waals surface area contributed by atoms with E-state index in [-0.39, 0.29) is 0 Å². The van der Waals surface area contributed by atoms with Crippen molar-refractivity contribution in [3.63, 3.8) is 0 Å². The molecule has 2 aromatic rings. The third-order valence-corrected chi connectivity index (χ3v) is 7.52. The highest BCUT2D eigenvalue weighted by molar-refractivity contribution is 7.91. The van der Waals surface area contributed by atoms with Gasteiger partial charge in [-0.15, -0.1) is 22.7 Å². The van der Waals surface area contributed by atoms with Crippen LogP contribution in [0.4, 0.5) is 0 Å². The van der Waals surface area contributed by atoms with Crippen LogP contribution in [-0.4, -0.2) is 15.5 Å². The van der Waals surface area contributed by atoms with Crippen molar-refractivity contribution in [3.8, 4) is 0 Å². The maximum atomic E-state index is 12.4. The first-order chi connectivity index (χ1) is 9.83. The second-order valence-corrected chi connectivity index (χ2v) is 9.45. The normalized spacial score (nSPS) is 12.0. The van der Waals surface area contributed by atoms with Gasteiger partial charge in [-0.2, -0.15) is 0 Å². The molecule has 2 N–H and O–H groups in total. The molecule has 21 heavy (non-hydrogen) atoms. The summed E-state index contributed by atoms with van der Waals surface area (Å²) in [6, 6.07) is 3.78. The Hall–Kier alpha value is -0.730. The summed E-state index contributed by atoms with van der Waals surface area (Å²) in [5.41, 5.74) is 2.22. The van der Waals surface area contributed by atoms with E-state index >= 15 is 0 Å². The van der Waals surface area contributed by atoms with Crippen LogP contribution < -0.4 is 10.0 Å². The smallest absolute Gasteiger partial charge is 0.250 e. The van der Waals surface area contributed by atoms with E-state index in [1.807, 2.05) is 33.9 Å². The molecule has 0 saturated heterocycles. The fourth-order valence-electron chi connectivity index (χ4n) is 1.93. The Labute approximate surface area is 134 Å². The Kier molecular flexibility index (Phi) is 5.21. The first-order valence-electron chi connectivity index (χ1n) is 6.63. The van der Waals surface area contributed by atoms with Crippen LogP contribution in [-0.2, 0) is 23.1 Å². The molecule has 0 unspecified atom stereocenters. The quantitative estimate of drug-likeness (QED) is 0.847. The Morgan fingerprint density at radius 3 is 2.33 bits per heavy atom. The van der Waals surface area contributed by atoms with Crippen LogP contribution >= 0.6 is 22.7 Å². The Balaban J connectivity index is 2.12. The summed E-state index contributed by atoms with van der Waals surface area (Å²) in [7, 11) is -1.58. The zero-order chi connectivity index (χ0) is 15.6. The van der Waals surface area contributed by atoms with Gasteiger partial charge in [0.2, 0.25) is 10.0 Å². The molecule has 2 rings (SSSR count). The minimum atomic E-state index is -3.43. The molecule has 0 atom stereocenters. The van der Waals surface area contributed by atoms with Crippen molar-refractivity contribution in [1.82, 2.24) is 10.0 Å². The van der Waals surface area contributed by atoms with Crippen LogP contribution in [0.25, 0.3) is 0 Å². The van der Waals surface area contributed by atoms with Crippen molar-refractivity contribution in [1.29, 1.82) is 0 Å². The molecular formula is C14H20N2O2S3. The van der Waals surface area contributed by atoms with Gasteiger partial charge in [-0.1, -0.05) is 0 Å². The highest BCUT2D eigenvalue weighted by atomic mass is 32.2. The largest absolute Gasteiger partial charge is 0.315 e. The summed E-state index contributed by atoms with van der Waals surface area (Å²) < 4.78 is 27.8. The third-order valence-electron chi connectivity index (χ3n) is 3.25. The highest BCUT2D eigenvalue weighted by Crippen LogP contribution is 2.26. The SMILES string of the molecule is CNCc1sc(S(=O)(=O)NCc2cc(C)c(C)s2)cc1C. The van der Waals surface area contributed by atoms with Crippen LogP contribution in [0.2, 0.25) is 0 Å². The van der Waals surface area contributed by atoms with Crippen LogP contribution in [0, 0.1) is 20.8 Å². The summed E-state index contributed by atoms with van der Waals surface area (Å²) >= 11 is 2.96. The summed E-state index contributed by atoms with van der Waals surface area (Å²) in [6.45, 7) is 7.06. The number of rotatable bonds is 6. The summed E-state index contributed by atoms with van der Waals surface area (Å²) in [6.07, 6.45) is 0. The number of aryl methyl sites for hydroxylation is 3. The predicted molar refractivity (Wildman–Crippen MR) is 89.6 cm³/mol. The van der Waals surface area contributed by atoms with Gasteiger partial charge in [-0.05, 0) is 51.1 Å². The fourth-order valence-corrected chi connectivity index (χ4v) is 5.67. The molecule has 0 aromatic carbocycles. The van der Waals surface area contributed by atoms with Gasteiger partial charge in [0.1, 0.15) is 4.21 Å². The second kappa shape index (κ2) is 6.58. The van der Waals surface area contributed by atoms with Crippen molar-refractivity contribution in [2.75, 3.05) is 7.05 Å². The standard InChI is InChI=1S/C14H20N2O2S3/c1-9-5-12(19-11(9)3)7-16-21(17,18)14-6-10(2)13(20-14)8-15-4/h5-6,15-16H,7-8H2,1-4H3. The van der Waals surface area contributed by atoms with Gasteiger partial charge in [-0.3, -0.25) is 0 Å². The number of hydrogen-bond acceptors (Lipinski definition) is 5. The van der Waals surface area contributed by atoms with Gasteiger partial charge in [-0.25, -0.2) is 13.1 Å². The predicted octanol–water partition coefficient (Wildman–Crippen LogP) is 2.93. The molecule has 0 aliphatic rings. The number of sulfonamides is 1. The molecule has 0 fully saturated rings. The number of thiophene rings is 2. The molecule has 0 spiro atoms. The molecule has 0 saturated carbocycles. The van der Waals surface area contributed by atoms with Crippen molar-refractivity contribution < 1.29 is 8.42 Å². The Morgan fingerprint density at radius 1 is 1.05 bits per heavy atom. The van der Waals surface area contributed by atoms with Gasteiger partial charge in [0.25, 0.3) is 0 Å². The molecule has 0 radical (unpaired) electrons. The molecule has 4 nitrogen and oxygen atoms in total. The lowest BCUT2D eigenvalue weighted by Gasteiger charge is -2.02. The van der Waals surface area contributed by atoms with Crippen LogP contribution in [0.1, 0.15) is 25.8 Å². The third kappa shape index (κ3) is 3.92. The Morgan fingerprint density at radius 2 is 1.76 bits per heavy atom. The van der Waals surface area contributed by atoms with E-state index in [1.54, 1.807) is 17.4 Å². The van der Waals surface area contributed by atoms with Crippen molar-refractivity contribution >= 4 is 32.7 Å². The van der Waals surface area contributed by atoms with E-state index in [4.69, 9.17) is 0 Å². The van der Waals surface area contributed by atoms with E-state index in [0.29, 0.717) is 17.3 Å². The zero-order valence-electron chi connectivity index (χ0n) is 12.6. The van der Waals surface area contributed by atoms with Gasteiger partial charge in [0.05, 0.1) is 0 Å². The van der Waals surface area contributed by atoms with Gasteiger partial charge < -0.3 is 5.32 Å². The van der Waals surface area contributed by atoms with E-state index in [1.165, 1.54) is 21.8 Å². The van der Waals surface area contributed by atoms with E-state index < -0.39 is 10.0 Å². The lowest BCUT2D eigenvalue weighted by atomic mass is 10.3. The molecule has 7 heteroatoms. The lowest BCUT2D eigenvalue weighted by Crippen LogP contribution is -2.21. The minimum absolute atomic E-state index is 0.347. The molecular weight excluding hydrogens is 324 g/mol. The van der Waals surface area contributed by atoms with Gasteiger partial charge in [0.15, 0.2) is 0 Å². The Bertz CT molecular complexity index is 710. The monoisotopic (exact) mass is 344 g/mol. The second-order valence-electron chi connectivity index (χ2n) is 4.98.